The van der Waals surface area contributed by atoms with Gasteiger partial charge in [-0.15, -0.1) is 0 Å². The molecule has 1 amide bonds. The predicted octanol–water partition coefficient (Wildman–Crippen LogP) is 4.41. The van der Waals surface area contributed by atoms with Crippen LogP contribution in [0.15, 0.2) is 54.7 Å². The fourth-order valence-electron chi connectivity index (χ4n) is 3.34. The molecule has 1 aliphatic rings. The van der Waals surface area contributed by atoms with Crippen LogP contribution in [0.3, 0.4) is 0 Å². The number of anilines is 1. The van der Waals surface area contributed by atoms with Crippen molar-refractivity contribution < 1.29 is 4.79 Å². The van der Waals surface area contributed by atoms with Gasteiger partial charge in [-0.3, -0.25) is 9.78 Å². The van der Waals surface area contributed by atoms with Gasteiger partial charge in [-0.25, -0.2) is 0 Å². The van der Waals surface area contributed by atoms with Crippen LogP contribution in [0.5, 0.6) is 0 Å². The first-order valence-electron chi connectivity index (χ1n) is 8.14. The lowest BCUT2D eigenvalue weighted by Crippen LogP contribution is -2.37. The fraction of sp³-hybridized carbons (Fsp3) is 0.200. The molecule has 0 fully saturated rings. The molecule has 2 aromatic carbocycles. The van der Waals surface area contributed by atoms with Crippen LogP contribution < -0.4 is 4.90 Å². The number of hydrogen-bond donors (Lipinski definition) is 0. The van der Waals surface area contributed by atoms with Gasteiger partial charge in [-0.2, -0.15) is 0 Å². The highest BCUT2D eigenvalue weighted by Crippen LogP contribution is 2.34. The summed E-state index contributed by atoms with van der Waals surface area (Å²) in [6.45, 7) is 0.728. The molecule has 4 heteroatoms. The maximum atomic E-state index is 13.0. The van der Waals surface area contributed by atoms with Crippen molar-refractivity contribution in [1.29, 1.82) is 0 Å². The van der Waals surface area contributed by atoms with Crippen LogP contribution in [-0.2, 0) is 17.6 Å². The van der Waals surface area contributed by atoms with Crippen LogP contribution in [0.25, 0.3) is 10.8 Å². The van der Waals surface area contributed by atoms with Crippen LogP contribution in [0.1, 0.15) is 17.7 Å². The number of carbonyl (C=O) groups is 1. The summed E-state index contributed by atoms with van der Waals surface area (Å²) in [6.07, 6.45) is 4.06. The SMILES string of the molecule is O=C(Cc1ccccc1Cl)N1CCCc2ncc3ccccc3c21. The zero-order chi connectivity index (χ0) is 16.5. The number of hydrogen-bond acceptors (Lipinski definition) is 2. The Bertz CT molecular complexity index is 922. The average Bonchev–Trinajstić information content (AvgIpc) is 2.63. The molecule has 2 heterocycles. The van der Waals surface area contributed by atoms with Gasteiger partial charge in [0.1, 0.15) is 0 Å². The normalized spacial score (nSPS) is 13.8. The second kappa shape index (κ2) is 6.25. The molecule has 0 N–H and O–H groups in total. The van der Waals surface area contributed by atoms with Gasteiger partial charge in [-0.05, 0) is 24.5 Å². The van der Waals surface area contributed by atoms with E-state index < -0.39 is 0 Å². The Labute approximate surface area is 145 Å². The first-order chi connectivity index (χ1) is 11.7. The molecule has 0 atom stereocenters. The maximum Gasteiger partial charge on any atom is 0.231 e. The minimum atomic E-state index is 0.0715. The summed E-state index contributed by atoms with van der Waals surface area (Å²) in [7, 11) is 0. The number of fused-ring (bicyclic) bond motifs is 3. The zero-order valence-electron chi connectivity index (χ0n) is 13.2. The van der Waals surface area contributed by atoms with E-state index in [2.05, 4.69) is 11.1 Å². The van der Waals surface area contributed by atoms with Crippen molar-refractivity contribution in [3.63, 3.8) is 0 Å². The minimum Gasteiger partial charge on any atom is -0.310 e. The number of carbonyl (C=O) groups excluding carboxylic acids is 1. The lowest BCUT2D eigenvalue weighted by molar-refractivity contribution is -0.118. The quantitative estimate of drug-likeness (QED) is 0.694. The molecule has 0 radical (unpaired) electrons. The summed E-state index contributed by atoms with van der Waals surface area (Å²) in [5.74, 6) is 0.0715. The van der Waals surface area contributed by atoms with Crippen molar-refractivity contribution in [2.75, 3.05) is 11.4 Å². The van der Waals surface area contributed by atoms with E-state index in [0.29, 0.717) is 11.4 Å². The van der Waals surface area contributed by atoms with Crippen molar-refractivity contribution in [2.24, 2.45) is 0 Å². The summed E-state index contributed by atoms with van der Waals surface area (Å²) in [5, 5.41) is 2.79. The van der Waals surface area contributed by atoms with Gasteiger partial charge in [0.15, 0.2) is 0 Å². The standard InChI is InChI=1S/C20H17ClN2O/c21-17-9-4-2-6-14(17)12-19(24)23-11-5-10-18-20(23)16-8-3-1-7-15(16)13-22-18/h1-4,6-9,13H,5,10-12H2. The van der Waals surface area contributed by atoms with Gasteiger partial charge >= 0.3 is 0 Å². The number of aryl methyl sites for hydroxylation is 1. The molecule has 3 aromatic rings. The second-order valence-electron chi connectivity index (χ2n) is 6.06. The lowest BCUT2D eigenvalue weighted by atomic mass is 10.0. The van der Waals surface area contributed by atoms with E-state index in [1.54, 1.807) is 0 Å². The maximum absolute atomic E-state index is 13.0. The third-order valence-electron chi connectivity index (χ3n) is 4.51. The van der Waals surface area contributed by atoms with Crippen LogP contribution in [0, 0.1) is 0 Å². The monoisotopic (exact) mass is 336 g/mol. The summed E-state index contributed by atoms with van der Waals surface area (Å²) < 4.78 is 0. The van der Waals surface area contributed by atoms with Crippen molar-refractivity contribution in [1.82, 2.24) is 4.98 Å². The van der Waals surface area contributed by atoms with E-state index in [1.807, 2.05) is 53.6 Å². The Hall–Kier alpha value is -2.39. The van der Waals surface area contributed by atoms with Crippen LogP contribution in [-0.4, -0.2) is 17.4 Å². The highest BCUT2D eigenvalue weighted by atomic mass is 35.5. The van der Waals surface area contributed by atoms with E-state index in [-0.39, 0.29) is 5.91 Å². The smallest absolute Gasteiger partial charge is 0.231 e. The van der Waals surface area contributed by atoms with Gasteiger partial charge in [0.05, 0.1) is 17.8 Å². The Morgan fingerprint density at radius 1 is 1.12 bits per heavy atom. The molecule has 120 valence electrons. The molecule has 0 aliphatic carbocycles. The summed E-state index contributed by atoms with van der Waals surface area (Å²) >= 11 is 6.22. The third kappa shape index (κ3) is 2.65. The summed E-state index contributed by atoms with van der Waals surface area (Å²) in [4.78, 5) is 19.4. The molecule has 0 bridgehead atoms. The summed E-state index contributed by atoms with van der Waals surface area (Å²) in [5.41, 5.74) is 2.84. The van der Waals surface area contributed by atoms with Gasteiger partial charge < -0.3 is 4.90 Å². The number of pyridine rings is 1. The van der Waals surface area contributed by atoms with Crippen molar-refractivity contribution >= 4 is 34.0 Å². The number of benzene rings is 2. The second-order valence-corrected chi connectivity index (χ2v) is 6.47. The molecule has 3 nitrogen and oxygen atoms in total. The number of halogens is 1. The highest BCUT2D eigenvalue weighted by molar-refractivity contribution is 6.31. The molecule has 24 heavy (non-hydrogen) atoms. The van der Waals surface area contributed by atoms with Gasteiger partial charge in [0, 0.05) is 28.5 Å². The van der Waals surface area contributed by atoms with Gasteiger partial charge in [0.25, 0.3) is 0 Å². The van der Waals surface area contributed by atoms with E-state index in [1.165, 1.54) is 0 Å². The first kappa shape index (κ1) is 15.2. The average molecular weight is 337 g/mol. The van der Waals surface area contributed by atoms with E-state index in [4.69, 9.17) is 11.6 Å². The third-order valence-corrected chi connectivity index (χ3v) is 4.88. The Kier molecular flexibility index (Phi) is 3.95. The Balaban J connectivity index is 1.75. The lowest BCUT2D eigenvalue weighted by Gasteiger charge is -2.30. The van der Waals surface area contributed by atoms with E-state index >= 15 is 0 Å². The molecule has 0 spiro atoms. The molecule has 1 aromatic heterocycles. The minimum absolute atomic E-state index is 0.0715. The molecule has 0 saturated carbocycles. The van der Waals surface area contributed by atoms with Crippen molar-refractivity contribution in [3.05, 3.63) is 71.0 Å². The van der Waals surface area contributed by atoms with Gasteiger partial charge in [0.2, 0.25) is 5.91 Å². The van der Waals surface area contributed by atoms with Crippen LogP contribution in [0.4, 0.5) is 5.69 Å². The fourth-order valence-corrected chi connectivity index (χ4v) is 3.54. The van der Waals surface area contributed by atoms with Gasteiger partial charge in [-0.1, -0.05) is 54.1 Å². The molecule has 0 unspecified atom stereocenters. The largest absolute Gasteiger partial charge is 0.310 e. The zero-order valence-corrected chi connectivity index (χ0v) is 14.0. The van der Waals surface area contributed by atoms with Crippen LogP contribution >= 0.6 is 11.6 Å². The number of rotatable bonds is 2. The molecule has 4 rings (SSSR count). The number of amides is 1. The molecular formula is C20H17ClN2O. The highest BCUT2D eigenvalue weighted by Gasteiger charge is 2.25. The Morgan fingerprint density at radius 2 is 1.92 bits per heavy atom. The molecular weight excluding hydrogens is 320 g/mol. The van der Waals surface area contributed by atoms with Crippen molar-refractivity contribution in [3.8, 4) is 0 Å². The van der Waals surface area contributed by atoms with E-state index in [9.17, 15) is 4.79 Å². The number of nitrogens with zero attached hydrogens (tertiary/aromatic N) is 2. The van der Waals surface area contributed by atoms with Crippen LogP contribution in [0.2, 0.25) is 5.02 Å². The Morgan fingerprint density at radius 3 is 2.79 bits per heavy atom. The molecule has 0 saturated heterocycles. The number of aromatic nitrogens is 1. The first-order valence-corrected chi connectivity index (χ1v) is 8.52. The summed E-state index contributed by atoms with van der Waals surface area (Å²) in [6, 6.07) is 15.6. The topological polar surface area (TPSA) is 33.2 Å². The van der Waals surface area contributed by atoms with E-state index in [0.717, 1.165) is 47.1 Å². The van der Waals surface area contributed by atoms with Crippen molar-refractivity contribution in [2.45, 2.75) is 19.3 Å². The predicted molar refractivity (Wildman–Crippen MR) is 97.6 cm³/mol. The molecule has 1 aliphatic heterocycles.